The molecule has 0 radical (unpaired) electrons. The molecule has 1 aliphatic heterocycles. The van der Waals surface area contributed by atoms with E-state index in [1.54, 1.807) is 12.1 Å². The third-order valence-corrected chi connectivity index (χ3v) is 5.16. The molecule has 1 saturated carbocycles. The van der Waals surface area contributed by atoms with Crippen molar-refractivity contribution in [2.45, 2.75) is 24.7 Å². The first-order valence-corrected chi connectivity index (χ1v) is 7.85. The number of amides is 1. The second kappa shape index (κ2) is 4.95. The topological polar surface area (TPSA) is 57.6 Å². The molecule has 2 aromatic rings. The fourth-order valence-electron chi connectivity index (χ4n) is 3.75. The molecular formula is C19H17NO3. The van der Waals surface area contributed by atoms with Crippen LogP contribution in [0.25, 0.3) is 0 Å². The lowest BCUT2D eigenvalue weighted by atomic mass is 9.66. The maximum Gasteiger partial charge on any atom is 0.335 e. The fraction of sp³-hybridized carbons (Fsp3) is 0.263. The van der Waals surface area contributed by atoms with Crippen molar-refractivity contribution in [2.75, 3.05) is 11.4 Å². The second-order valence-corrected chi connectivity index (χ2v) is 6.42. The lowest BCUT2D eigenvalue weighted by Gasteiger charge is -2.38. The van der Waals surface area contributed by atoms with Gasteiger partial charge in [-0.2, -0.15) is 0 Å². The molecule has 4 nitrogen and oxygen atoms in total. The van der Waals surface area contributed by atoms with E-state index in [0.29, 0.717) is 5.56 Å². The minimum atomic E-state index is -0.982. The Morgan fingerprint density at radius 3 is 2.22 bits per heavy atom. The Balaban J connectivity index is 1.68. The lowest BCUT2D eigenvalue weighted by Crippen LogP contribution is -2.41. The Morgan fingerprint density at radius 1 is 0.957 bits per heavy atom. The highest BCUT2D eigenvalue weighted by molar-refractivity contribution is 6.08. The summed E-state index contributed by atoms with van der Waals surface area (Å²) in [6.45, 7) is 0.728. The molecular weight excluding hydrogens is 290 g/mol. The first kappa shape index (κ1) is 14.0. The number of hydrogen-bond donors (Lipinski definition) is 1. The number of benzene rings is 2. The molecule has 1 fully saturated rings. The summed E-state index contributed by atoms with van der Waals surface area (Å²) >= 11 is 0. The zero-order valence-electron chi connectivity index (χ0n) is 12.7. The van der Waals surface area contributed by atoms with Gasteiger partial charge in [-0.3, -0.25) is 4.79 Å². The highest BCUT2D eigenvalue weighted by Crippen LogP contribution is 2.52. The molecule has 2 aliphatic rings. The van der Waals surface area contributed by atoms with Gasteiger partial charge in [-0.05, 0) is 48.7 Å². The molecule has 116 valence electrons. The fourth-order valence-corrected chi connectivity index (χ4v) is 3.75. The first-order chi connectivity index (χ1) is 11.1. The molecule has 4 heteroatoms. The van der Waals surface area contributed by atoms with Gasteiger partial charge in [0.2, 0.25) is 0 Å². The summed E-state index contributed by atoms with van der Waals surface area (Å²) in [6.07, 6.45) is 3.47. The van der Waals surface area contributed by atoms with Crippen molar-refractivity contribution >= 4 is 17.6 Å². The maximum atomic E-state index is 12.9. The molecule has 0 unspecified atom stereocenters. The SMILES string of the molecule is O=C(O)c1ccc(C(=O)N2CC3(CCC3)c3ccccc32)cc1. The number of nitrogens with zero attached hydrogens (tertiary/aromatic N) is 1. The Morgan fingerprint density at radius 2 is 1.61 bits per heavy atom. The van der Waals surface area contributed by atoms with E-state index in [1.165, 1.54) is 24.1 Å². The number of carbonyl (C=O) groups excluding carboxylic acids is 1. The van der Waals surface area contributed by atoms with E-state index in [-0.39, 0.29) is 16.9 Å². The van der Waals surface area contributed by atoms with Gasteiger partial charge in [0.1, 0.15) is 0 Å². The average molecular weight is 307 g/mol. The van der Waals surface area contributed by atoms with Crippen molar-refractivity contribution in [1.82, 2.24) is 0 Å². The quantitative estimate of drug-likeness (QED) is 0.924. The van der Waals surface area contributed by atoms with Gasteiger partial charge in [0.05, 0.1) is 5.56 Å². The summed E-state index contributed by atoms with van der Waals surface area (Å²) in [7, 11) is 0. The summed E-state index contributed by atoms with van der Waals surface area (Å²) in [5, 5.41) is 8.97. The van der Waals surface area contributed by atoms with Crippen LogP contribution >= 0.6 is 0 Å². The van der Waals surface area contributed by atoms with Gasteiger partial charge in [0.15, 0.2) is 0 Å². The van der Waals surface area contributed by atoms with Gasteiger partial charge in [0.25, 0.3) is 5.91 Å². The third-order valence-electron chi connectivity index (χ3n) is 5.16. The molecule has 0 atom stereocenters. The van der Waals surface area contributed by atoms with E-state index < -0.39 is 5.97 Å². The van der Waals surface area contributed by atoms with Crippen LogP contribution in [0.15, 0.2) is 48.5 Å². The van der Waals surface area contributed by atoms with E-state index >= 15 is 0 Å². The number of rotatable bonds is 2. The van der Waals surface area contributed by atoms with E-state index in [2.05, 4.69) is 6.07 Å². The molecule has 2 aromatic carbocycles. The van der Waals surface area contributed by atoms with Crippen LogP contribution in [0.4, 0.5) is 5.69 Å². The summed E-state index contributed by atoms with van der Waals surface area (Å²) in [4.78, 5) is 25.7. The molecule has 23 heavy (non-hydrogen) atoms. The van der Waals surface area contributed by atoms with E-state index in [1.807, 2.05) is 23.1 Å². The second-order valence-electron chi connectivity index (χ2n) is 6.42. The number of para-hydroxylation sites is 1. The third kappa shape index (κ3) is 2.05. The number of carboxylic acids is 1. The highest BCUT2D eigenvalue weighted by Gasteiger charge is 2.48. The zero-order chi connectivity index (χ0) is 16.0. The molecule has 0 saturated heterocycles. The number of carbonyl (C=O) groups is 2. The Kier molecular flexibility index (Phi) is 3.01. The summed E-state index contributed by atoms with van der Waals surface area (Å²) in [5.41, 5.74) is 3.13. The normalized spacial score (nSPS) is 17.7. The number of aromatic carboxylic acids is 1. The molecule has 0 aromatic heterocycles. The molecule has 0 bridgehead atoms. The van der Waals surface area contributed by atoms with Gasteiger partial charge < -0.3 is 10.0 Å². The zero-order valence-corrected chi connectivity index (χ0v) is 12.7. The lowest BCUT2D eigenvalue weighted by molar-refractivity contribution is 0.0696. The molecule has 1 aliphatic carbocycles. The van der Waals surface area contributed by atoms with E-state index in [0.717, 1.165) is 25.1 Å². The summed E-state index contributed by atoms with van der Waals surface area (Å²) in [5.74, 6) is -1.04. The van der Waals surface area contributed by atoms with Gasteiger partial charge in [-0.25, -0.2) is 4.79 Å². The number of anilines is 1. The minimum absolute atomic E-state index is 0.0573. The van der Waals surface area contributed by atoms with Crippen LogP contribution in [0.1, 0.15) is 45.5 Å². The molecule has 1 heterocycles. The number of hydrogen-bond acceptors (Lipinski definition) is 2. The summed E-state index contributed by atoms with van der Waals surface area (Å²) < 4.78 is 0. The van der Waals surface area contributed by atoms with Crippen molar-refractivity contribution in [2.24, 2.45) is 0 Å². The van der Waals surface area contributed by atoms with Crippen LogP contribution < -0.4 is 4.90 Å². The first-order valence-electron chi connectivity index (χ1n) is 7.85. The number of fused-ring (bicyclic) bond motifs is 2. The predicted octanol–water partition coefficient (Wildman–Crippen LogP) is 3.47. The van der Waals surface area contributed by atoms with Crippen LogP contribution in [0.5, 0.6) is 0 Å². The smallest absolute Gasteiger partial charge is 0.335 e. The van der Waals surface area contributed by atoms with Crippen molar-refractivity contribution in [3.8, 4) is 0 Å². The van der Waals surface area contributed by atoms with Crippen LogP contribution in [-0.2, 0) is 5.41 Å². The van der Waals surface area contributed by atoms with Crippen molar-refractivity contribution < 1.29 is 14.7 Å². The van der Waals surface area contributed by atoms with Gasteiger partial charge in [-0.1, -0.05) is 24.6 Å². The largest absolute Gasteiger partial charge is 0.478 e. The Hall–Kier alpha value is -2.62. The molecule has 1 N–H and O–H groups in total. The highest BCUT2D eigenvalue weighted by atomic mass is 16.4. The van der Waals surface area contributed by atoms with Crippen LogP contribution in [0, 0.1) is 0 Å². The van der Waals surface area contributed by atoms with Crippen LogP contribution in [0.3, 0.4) is 0 Å². The van der Waals surface area contributed by atoms with Gasteiger partial charge >= 0.3 is 5.97 Å². The van der Waals surface area contributed by atoms with Gasteiger partial charge in [0, 0.05) is 23.2 Å². The van der Waals surface area contributed by atoms with Gasteiger partial charge in [-0.15, -0.1) is 0 Å². The molecule has 4 rings (SSSR count). The standard InChI is InChI=1S/C19H17NO3/c21-17(13-6-8-14(9-7-13)18(22)23)20-12-19(10-3-11-19)15-4-1-2-5-16(15)20/h1-2,4-9H,3,10-12H2,(H,22,23). The van der Waals surface area contributed by atoms with E-state index in [4.69, 9.17) is 5.11 Å². The maximum absolute atomic E-state index is 12.9. The van der Waals surface area contributed by atoms with Crippen molar-refractivity contribution in [1.29, 1.82) is 0 Å². The van der Waals surface area contributed by atoms with E-state index in [9.17, 15) is 9.59 Å². The molecule has 1 spiro atoms. The van der Waals surface area contributed by atoms with Crippen LogP contribution in [-0.4, -0.2) is 23.5 Å². The van der Waals surface area contributed by atoms with Crippen molar-refractivity contribution in [3.63, 3.8) is 0 Å². The predicted molar refractivity (Wildman–Crippen MR) is 87.0 cm³/mol. The van der Waals surface area contributed by atoms with Crippen molar-refractivity contribution in [3.05, 3.63) is 65.2 Å². The Bertz CT molecular complexity index is 791. The minimum Gasteiger partial charge on any atom is -0.478 e. The Labute approximate surface area is 134 Å². The monoisotopic (exact) mass is 307 g/mol. The van der Waals surface area contributed by atoms with Crippen LogP contribution in [0.2, 0.25) is 0 Å². The average Bonchev–Trinajstić information content (AvgIpc) is 2.90. The number of carboxylic acid groups (broad SMARTS) is 1. The summed E-state index contributed by atoms with van der Waals surface area (Å²) in [6, 6.07) is 14.3. The molecule has 1 amide bonds.